The highest BCUT2D eigenvalue weighted by molar-refractivity contribution is 5.93. The summed E-state index contributed by atoms with van der Waals surface area (Å²) in [6.45, 7) is 2.99. The summed E-state index contributed by atoms with van der Waals surface area (Å²) in [6.07, 6.45) is 3.22. The van der Waals surface area contributed by atoms with Crippen molar-refractivity contribution in [2.45, 2.75) is 6.54 Å². The largest absolute Gasteiger partial charge is 0.378 e. The maximum absolute atomic E-state index is 12.6. The van der Waals surface area contributed by atoms with E-state index in [4.69, 9.17) is 4.74 Å². The molecule has 1 aromatic heterocycles. The molecule has 0 radical (unpaired) electrons. The zero-order valence-electron chi connectivity index (χ0n) is 15.6. The van der Waals surface area contributed by atoms with E-state index < -0.39 is 0 Å². The van der Waals surface area contributed by atoms with Crippen LogP contribution >= 0.6 is 0 Å². The van der Waals surface area contributed by atoms with E-state index >= 15 is 0 Å². The van der Waals surface area contributed by atoms with Crippen LogP contribution in [0.15, 0.2) is 73.1 Å². The van der Waals surface area contributed by atoms with Crippen molar-refractivity contribution in [3.63, 3.8) is 0 Å². The third-order valence-corrected chi connectivity index (χ3v) is 4.68. The first kappa shape index (κ1) is 18.1. The van der Waals surface area contributed by atoms with Crippen molar-refractivity contribution in [2.24, 2.45) is 0 Å². The Morgan fingerprint density at radius 1 is 0.929 bits per heavy atom. The zero-order chi connectivity index (χ0) is 19.2. The van der Waals surface area contributed by atoms with Gasteiger partial charge in [-0.1, -0.05) is 48.5 Å². The summed E-state index contributed by atoms with van der Waals surface area (Å²) in [4.78, 5) is 25.4. The number of aromatic nitrogens is 2. The molecule has 1 fully saturated rings. The van der Waals surface area contributed by atoms with Crippen LogP contribution in [0, 0.1) is 0 Å². The first-order valence-electron chi connectivity index (χ1n) is 9.37. The van der Waals surface area contributed by atoms with Gasteiger partial charge in [-0.3, -0.25) is 4.79 Å². The van der Waals surface area contributed by atoms with Crippen LogP contribution in [-0.4, -0.2) is 47.1 Å². The van der Waals surface area contributed by atoms with E-state index in [1.807, 2.05) is 53.4 Å². The van der Waals surface area contributed by atoms with E-state index in [0.717, 1.165) is 11.3 Å². The molecule has 1 amide bonds. The summed E-state index contributed by atoms with van der Waals surface area (Å²) in [5, 5.41) is 0. The van der Waals surface area contributed by atoms with Crippen LogP contribution in [0.3, 0.4) is 0 Å². The van der Waals surface area contributed by atoms with Crippen molar-refractivity contribution in [2.75, 3.05) is 31.2 Å². The molecular formula is C22H22N4O2. The summed E-state index contributed by atoms with van der Waals surface area (Å²) < 4.78 is 5.31. The molecule has 0 bridgehead atoms. The molecule has 2 heterocycles. The maximum Gasteiger partial charge on any atom is 0.257 e. The molecule has 1 aliphatic rings. The smallest absolute Gasteiger partial charge is 0.257 e. The second-order valence-corrected chi connectivity index (χ2v) is 6.58. The summed E-state index contributed by atoms with van der Waals surface area (Å²) in [5.74, 6) is 0.512. The Hall–Kier alpha value is -3.25. The lowest BCUT2D eigenvalue weighted by Gasteiger charge is -2.27. The number of carbonyl (C=O) groups excluding carboxylic acids is 1. The minimum Gasteiger partial charge on any atom is -0.378 e. The van der Waals surface area contributed by atoms with Crippen molar-refractivity contribution >= 4 is 17.5 Å². The van der Waals surface area contributed by atoms with Gasteiger partial charge in [0.2, 0.25) is 5.95 Å². The van der Waals surface area contributed by atoms with Gasteiger partial charge in [0.25, 0.3) is 5.91 Å². The Labute approximate surface area is 164 Å². The van der Waals surface area contributed by atoms with Gasteiger partial charge >= 0.3 is 0 Å². The molecule has 6 nitrogen and oxygen atoms in total. The van der Waals surface area contributed by atoms with Crippen LogP contribution in [0.25, 0.3) is 0 Å². The molecule has 0 N–H and O–H groups in total. The van der Waals surface area contributed by atoms with E-state index in [2.05, 4.69) is 22.1 Å². The minimum absolute atomic E-state index is 0.0517. The number of morpholine rings is 1. The Balaban J connectivity index is 1.58. The Kier molecular flexibility index (Phi) is 5.58. The number of anilines is 2. The molecule has 0 spiro atoms. The van der Waals surface area contributed by atoms with E-state index in [1.54, 1.807) is 17.3 Å². The molecule has 28 heavy (non-hydrogen) atoms. The molecule has 0 aliphatic carbocycles. The van der Waals surface area contributed by atoms with E-state index in [-0.39, 0.29) is 5.91 Å². The number of nitrogens with zero attached hydrogens (tertiary/aromatic N) is 4. The van der Waals surface area contributed by atoms with Gasteiger partial charge in [0.15, 0.2) is 0 Å². The molecule has 2 aromatic carbocycles. The molecule has 6 heteroatoms. The van der Waals surface area contributed by atoms with Gasteiger partial charge in [-0.05, 0) is 17.7 Å². The number of amides is 1. The third-order valence-electron chi connectivity index (χ3n) is 4.68. The highest BCUT2D eigenvalue weighted by atomic mass is 16.5. The van der Waals surface area contributed by atoms with Crippen LogP contribution in [0.4, 0.5) is 11.6 Å². The topological polar surface area (TPSA) is 58.6 Å². The lowest BCUT2D eigenvalue weighted by Crippen LogP contribution is -2.40. The number of hydrogen-bond acceptors (Lipinski definition) is 5. The second-order valence-electron chi connectivity index (χ2n) is 6.58. The van der Waals surface area contributed by atoms with Crippen molar-refractivity contribution < 1.29 is 9.53 Å². The predicted octanol–water partition coefficient (Wildman–Crippen LogP) is 3.29. The molecule has 4 rings (SSSR count). The Bertz CT molecular complexity index is 895. The first-order chi connectivity index (χ1) is 13.8. The van der Waals surface area contributed by atoms with Gasteiger partial charge in [0, 0.05) is 31.2 Å². The quantitative estimate of drug-likeness (QED) is 0.686. The van der Waals surface area contributed by atoms with Crippen LogP contribution in [-0.2, 0) is 11.3 Å². The monoisotopic (exact) mass is 374 g/mol. The summed E-state index contributed by atoms with van der Waals surface area (Å²) in [6, 6.07) is 20.2. The number of benzene rings is 2. The lowest BCUT2D eigenvalue weighted by atomic mass is 10.2. The number of carbonyl (C=O) groups is 1. The fraction of sp³-hybridized carbons (Fsp3) is 0.227. The van der Waals surface area contributed by atoms with Gasteiger partial charge < -0.3 is 14.5 Å². The maximum atomic E-state index is 12.6. The van der Waals surface area contributed by atoms with E-state index in [9.17, 15) is 4.79 Å². The number of ether oxygens (including phenoxy) is 1. The molecule has 3 aromatic rings. The molecular weight excluding hydrogens is 352 g/mol. The highest BCUT2D eigenvalue weighted by Gasteiger charge is 2.20. The van der Waals surface area contributed by atoms with Gasteiger partial charge in [-0.15, -0.1) is 0 Å². The zero-order valence-corrected chi connectivity index (χ0v) is 15.6. The first-order valence-corrected chi connectivity index (χ1v) is 9.37. The fourth-order valence-electron chi connectivity index (χ4n) is 3.17. The number of rotatable bonds is 5. The molecule has 142 valence electrons. The van der Waals surface area contributed by atoms with Crippen LogP contribution in [0.5, 0.6) is 0 Å². The average Bonchev–Trinajstić information content (AvgIpc) is 2.79. The molecule has 1 aliphatic heterocycles. The Morgan fingerprint density at radius 2 is 1.54 bits per heavy atom. The van der Waals surface area contributed by atoms with Crippen molar-refractivity contribution in [1.29, 1.82) is 0 Å². The normalized spacial score (nSPS) is 13.9. The van der Waals surface area contributed by atoms with Gasteiger partial charge in [-0.25, -0.2) is 9.97 Å². The summed E-state index contributed by atoms with van der Waals surface area (Å²) >= 11 is 0. The molecule has 1 saturated heterocycles. The van der Waals surface area contributed by atoms with Gasteiger partial charge in [-0.2, -0.15) is 0 Å². The fourth-order valence-corrected chi connectivity index (χ4v) is 3.17. The van der Waals surface area contributed by atoms with Crippen LogP contribution < -0.4 is 4.90 Å². The van der Waals surface area contributed by atoms with E-state index in [1.165, 1.54) is 0 Å². The van der Waals surface area contributed by atoms with Crippen molar-refractivity contribution in [3.05, 3.63) is 84.2 Å². The van der Waals surface area contributed by atoms with Gasteiger partial charge in [0.05, 0.1) is 25.3 Å². The SMILES string of the molecule is O=C(c1cnc(N(Cc2ccccc2)c2ccccc2)nc1)N1CCOCC1. The second kappa shape index (κ2) is 8.63. The van der Waals surface area contributed by atoms with Gasteiger partial charge in [0.1, 0.15) is 0 Å². The third kappa shape index (κ3) is 4.18. The average molecular weight is 374 g/mol. The number of hydrogen-bond donors (Lipinski definition) is 0. The van der Waals surface area contributed by atoms with Crippen LogP contribution in [0.2, 0.25) is 0 Å². The highest BCUT2D eigenvalue weighted by Crippen LogP contribution is 2.24. The number of para-hydroxylation sites is 1. The predicted molar refractivity (Wildman–Crippen MR) is 107 cm³/mol. The van der Waals surface area contributed by atoms with Crippen molar-refractivity contribution in [3.8, 4) is 0 Å². The standard InChI is InChI=1S/C22H22N4O2/c27-21(25-11-13-28-14-12-25)19-15-23-22(24-16-19)26(20-9-5-2-6-10-20)17-18-7-3-1-4-8-18/h1-10,15-16H,11-14,17H2. The lowest BCUT2D eigenvalue weighted by molar-refractivity contribution is 0.0302. The van der Waals surface area contributed by atoms with E-state index in [0.29, 0.717) is 44.4 Å². The molecule has 0 saturated carbocycles. The molecule has 0 atom stereocenters. The summed E-state index contributed by atoms with van der Waals surface area (Å²) in [7, 11) is 0. The Morgan fingerprint density at radius 3 is 2.18 bits per heavy atom. The minimum atomic E-state index is -0.0517. The van der Waals surface area contributed by atoms with Crippen LogP contribution in [0.1, 0.15) is 15.9 Å². The van der Waals surface area contributed by atoms with Crippen molar-refractivity contribution in [1.82, 2.24) is 14.9 Å². The summed E-state index contributed by atoms with van der Waals surface area (Å²) in [5.41, 5.74) is 2.65. The molecule has 0 unspecified atom stereocenters.